The maximum absolute atomic E-state index is 12.6. The highest BCUT2D eigenvalue weighted by atomic mass is 32.2. The van der Waals surface area contributed by atoms with E-state index in [9.17, 15) is 13.2 Å². The first-order valence-corrected chi connectivity index (χ1v) is 9.21. The van der Waals surface area contributed by atoms with Crippen LogP contribution in [0.3, 0.4) is 0 Å². The number of rotatable bonds is 5. The van der Waals surface area contributed by atoms with E-state index in [1.165, 1.54) is 12.1 Å². The Morgan fingerprint density at radius 1 is 0.808 bits per heavy atom. The third-order valence-corrected chi connectivity index (χ3v) is 5.17. The Morgan fingerprint density at radius 2 is 1.42 bits per heavy atom. The Balaban J connectivity index is 1.95. The van der Waals surface area contributed by atoms with Crippen LogP contribution in [0.2, 0.25) is 0 Å². The maximum Gasteiger partial charge on any atom is 0.274 e. The normalized spacial score (nSPS) is 11.0. The van der Waals surface area contributed by atoms with Crippen LogP contribution in [0.1, 0.15) is 10.4 Å². The van der Waals surface area contributed by atoms with Gasteiger partial charge in [0.2, 0.25) is 0 Å². The largest absolute Gasteiger partial charge is 0.288 e. The molecule has 0 aliphatic rings. The lowest BCUT2D eigenvalue weighted by Gasteiger charge is -2.13. The highest BCUT2D eigenvalue weighted by molar-refractivity contribution is 7.92. The van der Waals surface area contributed by atoms with Crippen molar-refractivity contribution in [2.75, 3.05) is 4.72 Å². The van der Waals surface area contributed by atoms with Crippen molar-refractivity contribution in [2.24, 2.45) is 0 Å². The average Bonchev–Trinajstić information content (AvgIpc) is 2.68. The highest BCUT2D eigenvalue weighted by Crippen LogP contribution is 2.29. The summed E-state index contributed by atoms with van der Waals surface area (Å²) in [5.74, 6) is -0.616. The predicted octanol–water partition coefficient (Wildman–Crippen LogP) is 3.27. The van der Waals surface area contributed by atoms with Gasteiger partial charge in [-0.25, -0.2) is 13.9 Å². The summed E-state index contributed by atoms with van der Waals surface area (Å²) in [6.45, 7) is 0. The molecule has 0 saturated heterocycles. The molecule has 0 spiro atoms. The topological polar surface area (TPSA) is 95.5 Å². The zero-order valence-corrected chi connectivity index (χ0v) is 14.4. The van der Waals surface area contributed by atoms with E-state index in [1.54, 1.807) is 72.2 Å². The first-order valence-electron chi connectivity index (χ1n) is 7.73. The lowest BCUT2D eigenvalue weighted by molar-refractivity contribution is 0.0706. The van der Waals surface area contributed by atoms with Crippen LogP contribution in [0.25, 0.3) is 11.1 Å². The lowest BCUT2D eigenvalue weighted by atomic mass is 10.0. The third-order valence-electron chi connectivity index (χ3n) is 3.78. The van der Waals surface area contributed by atoms with Gasteiger partial charge in [0.25, 0.3) is 15.9 Å². The first kappa shape index (κ1) is 17.7. The third kappa shape index (κ3) is 3.74. The van der Waals surface area contributed by atoms with Crippen LogP contribution >= 0.6 is 0 Å². The molecular weight excluding hydrogens is 352 g/mol. The van der Waals surface area contributed by atoms with E-state index < -0.39 is 15.9 Å². The number of amides is 1. The zero-order chi connectivity index (χ0) is 18.6. The molecule has 0 aromatic heterocycles. The number of benzene rings is 3. The molecule has 6 nitrogen and oxygen atoms in total. The monoisotopic (exact) mass is 368 g/mol. The summed E-state index contributed by atoms with van der Waals surface area (Å²) in [6, 6.07) is 21.5. The Hall–Kier alpha value is -3.16. The molecule has 0 heterocycles. The number of carbonyl (C=O) groups is 1. The fourth-order valence-corrected chi connectivity index (χ4v) is 3.59. The number of nitrogens with one attached hydrogen (secondary N) is 2. The second-order valence-electron chi connectivity index (χ2n) is 5.48. The quantitative estimate of drug-likeness (QED) is 0.476. The van der Waals surface area contributed by atoms with Crippen LogP contribution in [0, 0.1) is 0 Å². The Morgan fingerprint density at radius 3 is 2.08 bits per heavy atom. The minimum Gasteiger partial charge on any atom is -0.288 e. The molecule has 3 aromatic rings. The van der Waals surface area contributed by atoms with Crippen molar-refractivity contribution >= 4 is 21.6 Å². The summed E-state index contributed by atoms with van der Waals surface area (Å²) >= 11 is 0. The molecule has 3 aromatic carbocycles. The van der Waals surface area contributed by atoms with Crippen LogP contribution in [-0.2, 0) is 10.0 Å². The number of hydroxylamine groups is 1. The summed E-state index contributed by atoms with van der Waals surface area (Å²) in [5.41, 5.74) is 3.68. The Bertz CT molecular complexity index is 1020. The van der Waals surface area contributed by atoms with Crippen molar-refractivity contribution in [2.45, 2.75) is 4.90 Å². The zero-order valence-electron chi connectivity index (χ0n) is 13.6. The van der Waals surface area contributed by atoms with Gasteiger partial charge < -0.3 is 0 Å². The van der Waals surface area contributed by atoms with Gasteiger partial charge in [0.1, 0.15) is 0 Å². The van der Waals surface area contributed by atoms with Crippen LogP contribution in [0.4, 0.5) is 5.69 Å². The molecule has 26 heavy (non-hydrogen) atoms. The van der Waals surface area contributed by atoms with Gasteiger partial charge >= 0.3 is 0 Å². The number of hydrogen-bond acceptors (Lipinski definition) is 4. The molecule has 3 rings (SSSR count). The minimum atomic E-state index is -3.72. The second kappa shape index (κ2) is 7.38. The van der Waals surface area contributed by atoms with E-state index in [4.69, 9.17) is 5.21 Å². The van der Waals surface area contributed by atoms with Gasteiger partial charge in [0, 0.05) is 11.1 Å². The van der Waals surface area contributed by atoms with Crippen LogP contribution < -0.4 is 10.2 Å². The van der Waals surface area contributed by atoms with Crippen molar-refractivity contribution < 1.29 is 18.4 Å². The fourth-order valence-electron chi connectivity index (χ4n) is 2.49. The van der Waals surface area contributed by atoms with E-state index >= 15 is 0 Å². The van der Waals surface area contributed by atoms with Gasteiger partial charge in [-0.05, 0) is 35.9 Å². The van der Waals surface area contributed by atoms with Gasteiger partial charge in [0.15, 0.2) is 0 Å². The van der Waals surface area contributed by atoms with Crippen molar-refractivity contribution in [1.82, 2.24) is 5.48 Å². The van der Waals surface area contributed by atoms with Crippen LogP contribution in [0.5, 0.6) is 0 Å². The van der Waals surface area contributed by atoms with Crippen molar-refractivity contribution in [3.63, 3.8) is 0 Å². The molecule has 0 aliphatic carbocycles. The van der Waals surface area contributed by atoms with E-state index in [0.717, 1.165) is 5.56 Å². The molecule has 0 aliphatic heterocycles. The van der Waals surface area contributed by atoms with Crippen molar-refractivity contribution in [3.8, 4) is 11.1 Å². The number of carbonyl (C=O) groups excluding carboxylic acids is 1. The van der Waals surface area contributed by atoms with Gasteiger partial charge in [-0.15, -0.1) is 0 Å². The Kier molecular flexibility index (Phi) is 5.01. The number of hydrogen-bond donors (Lipinski definition) is 3. The predicted molar refractivity (Wildman–Crippen MR) is 98.4 cm³/mol. The Labute approximate surface area is 151 Å². The van der Waals surface area contributed by atoms with Gasteiger partial charge in [-0.2, -0.15) is 0 Å². The number of anilines is 1. The van der Waals surface area contributed by atoms with Gasteiger partial charge in [0.05, 0.1) is 10.6 Å². The van der Waals surface area contributed by atoms with Crippen molar-refractivity contribution in [3.05, 3.63) is 84.4 Å². The lowest BCUT2D eigenvalue weighted by Crippen LogP contribution is -2.18. The number of para-hydroxylation sites is 1. The molecule has 0 bridgehead atoms. The molecule has 1 amide bonds. The molecular formula is C19H16N2O4S. The molecule has 0 fully saturated rings. The summed E-state index contributed by atoms with van der Waals surface area (Å²) in [6.07, 6.45) is 0. The molecule has 7 heteroatoms. The highest BCUT2D eigenvalue weighted by Gasteiger charge is 2.16. The van der Waals surface area contributed by atoms with E-state index in [1.807, 2.05) is 0 Å². The summed E-state index contributed by atoms with van der Waals surface area (Å²) in [4.78, 5) is 11.6. The first-order chi connectivity index (χ1) is 12.5. The van der Waals surface area contributed by atoms with Gasteiger partial charge in [-0.1, -0.05) is 48.5 Å². The van der Waals surface area contributed by atoms with Gasteiger partial charge in [-0.3, -0.25) is 14.7 Å². The maximum atomic E-state index is 12.6. The molecule has 0 radical (unpaired) electrons. The number of sulfonamides is 1. The van der Waals surface area contributed by atoms with Crippen LogP contribution in [0.15, 0.2) is 83.8 Å². The van der Waals surface area contributed by atoms with Crippen LogP contribution in [-0.4, -0.2) is 19.5 Å². The fraction of sp³-hybridized carbons (Fsp3) is 0. The second-order valence-corrected chi connectivity index (χ2v) is 7.16. The minimum absolute atomic E-state index is 0.171. The SMILES string of the molecule is O=C(NO)c1ccc(-c2ccccc2NS(=O)(=O)c2ccccc2)cc1. The summed E-state index contributed by atoms with van der Waals surface area (Å²) < 4.78 is 27.8. The molecule has 3 N–H and O–H groups in total. The average molecular weight is 368 g/mol. The summed E-state index contributed by atoms with van der Waals surface area (Å²) in [5, 5.41) is 8.68. The van der Waals surface area contributed by atoms with Crippen molar-refractivity contribution in [1.29, 1.82) is 0 Å². The smallest absolute Gasteiger partial charge is 0.274 e. The molecule has 132 valence electrons. The molecule has 0 unspecified atom stereocenters. The molecule has 0 atom stereocenters. The van der Waals surface area contributed by atoms with E-state index in [-0.39, 0.29) is 4.90 Å². The standard InChI is InChI=1S/C19H16N2O4S/c22-19(20-23)15-12-10-14(11-13-15)17-8-4-5-9-18(17)21-26(24,25)16-6-2-1-3-7-16/h1-13,21,23H,(H,20,22). The van der Waals surface area contributed by atoms with E-state index in [0.29, 0.717) is 16.8 Å². The van der Waals surface area contributed by atoms with E-state index in [2.05, 4.69) is 4.72 Å². The molecule has 0 saturated carbocycles. The summed E-state index contributed by atoms with van der Waals surface area (Å²) in [7, 11) is -3.72.